The van der Waals surface area contributed by atoms with Gasteiger partial charge in [0.2, 0.25) is 0 Å². The fraction of sp³-hybridized carbons (Fsp3) is 0.368. The number of nitrogens with one attached hydrogen (secondary N) is 1. The molecule has 0 bridgehead atoms. The standard InChI is InChI=1S/C19H19FN2O2/c20-13-6-4-12(5-7-13)18(24)22-19(10-11-19)17-9-8-14-15(21-17)2-1-3-16(14)23/h4-9,16,23H,1-3,10-11H2,(H,22,24)/t16-/m1/s1. The van der Waals surface area contributed by atoms with Crippen molar-refractivity contribution in [2.24, 2.45) is 0 Å². The molecule has 0 radical (unpaired) electrons. The van der Waals surface area contributed by atoms with E-state index in [0.717, 1.165) is 49.1 Å². The fourth-order valence-electron chi connectivity index (χ4n) is 3.36. The summed E-state index contributed by atoms with van der Waals surface area (Å²) in [7, 11) is 0. The lowest BCUT2D eigenvalue weighted by Gasteiger charge is -2.23. The Labute approximate surface area is 139 Å². The number of hydrogen-bond acceptors (Lipinski definition) is 3. The number of aliphatic hydroxyl groups is 1. The zero-order valence-electron chi connectivity index (χ0n) is 13.3. The SMILES string of the molecule is O=C(NC1(c2ccc3c(n2)CCC[C@H]3O)CC1)c1ccc(F)cc1. The van der Waals surface area contributed by atoms with E-state index in [1.807, 2.05) is 12.1 Å². The Morgan fingerprint density at radius 3 is 2.67 bits per heavy atom. The van der Waals surface area contributed by atoms with Gasteiger partial charge in [0.1, 0.15) is 5.82 Å². The largest absolute Gasteiger partial charge is 0.388 e. The van der Waals surface area contributed by atoms with Gasteiger partial charge in [-0.2, -0.15) is 0 Å². The van der Waals surface area contributed by atoms with Gasteiger partial charge >= 0.3 is 0 Å². The van der Waals surface area contributed by atoms with Gasteiger partial charge in [-0.25, -0.2) is 4.39 Å². The second-order valence-corrected chi connectivity index (χ2v) is 6.68. The molecule has 0 unspecified atom stereocenters. The Hall–Kier alpha value is -2.27. The van der Waals surface area contributed by atoms with Crippen LogP contribution in [0.2, 0.25) is 0 Å². The molecule has 0 saturated heterocycles. The van der Waals surface area contributed by atoms with Gasteiger partial charge in [-0.1, -0.05) is 6.07 Å². The summed E-state index contributed by atoms with van der Waals surface area (Å²) in [6.45, 7) is 0. The first-order valence-corrected chi connectivity index (χ1v) is 8.34. The smallest absolute Gasteiger partial charge is 0.252 e. The Morgan fingerprint density at radius 1 is 1.21 bits per heavy atom. The van der Waals surface area contributed by atoms with Gasteiger partial charge in [-0.3, -0.25) is 9.78 Å². The van der Waals surface area contributed by atoms with Gasteiger partial charge in [-0.05, 0) is 62.4 Å². The monoisotopic (exact) mass is 326 g/mol. The van der Waals surface area contributed by atoms with Crippen molar-refractivity contribution in [1.82, 2.24) is 10.3 Å². The minimum Gasteiger partial charge on any atom is -0.388 e. The van der Waals surface area contributed by atoms with Crippen LogP contribution in [0.15, 0.2) is 36.4 Å². The minimum absolute atomic E-state index is 0.216. The van der Waals surface area contributed by atoms with Crippen LogP contribution in [0.4, 0.5) is 4.39 Å². The quantitative estimate of drug-likeness (QED) is 0.911. The van der Waals surface area contributed by atoms with Gasteiger partial charge in [0.25, 0.3) is 5.91 Å². The average molecular weight is 326 g/mol. The molecule has 4 rings (SSSR count). The predicted molar refractivity (Wildman–Crippen MR) is 86.9 cm³/mol. The van der Waals surface area contributed by atoms with Crippen molar-refractivity contribution in [2.75, 3.05) is 0 Å². The van der Waals surface area contributed by atoms with Crippen LogP contribution in [0, 0.1) is 5.82 Å². The molecule has 0 spiro atoms. The number of aryl methyl sites for hydroxylation is 1. The van der Waals surface area contributed by atoms with Crippen LogP contribution in [0.3, 0.4) is 0 Å². The topological polar surface area (TPSA) is 62.2 Å². The summed E-state index contributed by atoms with van der Waals surface area (Å²) in [5, 5.41) is 13.1. The minimum atomic E-state index is -0.431. The van der Waals surface area contributed by atoms with E-state index >= 15 is 0 Å². The van der Waals surface area contributed by atoms with Crippen molar-refractivity contribution in [1.29, 1.82) is 0 Å². The third-order valence-electron chi connectivity index (χ3n) is 4.96. The second-order valence-electron chi connectivity index (χ2n) is 6.68. The van der Waals surface area contributed by atoms with E-state index in [-0.39, 0.29) is 11.7 Å². The maximum absolute atomic E-state index is 13.0. The molecule has 124 valence electrons. The summed E-state index contributed by atoms with van der Waals surface area (Å²) in [5.74, 6) is -0.574. The first kappa shape index (κ1) is 15.3. The summed E-state index contributed by atoms with van der Waals surface area (Å²) in [6.07, 6.45) is 3.82. The number of fused-ring (bicyclic) bond motifs is 1. The van der Waals surface area contributed by atoms with Crippen LogP contribution in [-0.4, -0.2) is 16.0 Å². The molecule has 1 aromatic carbocycles. The highest BCUT2D eigenvalue weighted by Gasteiger charge is 2.47. The molecular weight excluding hydrogens is 307 g/mol. The van der Waals surface area contributed by atoms with Gasteiger partial charge in [-0.15, -0.1) is 0 Å². The molecule has 2 aliphatic rings. The third-order valence-corrected chi connectivity index (χ3v) is 4.96. The number of carbonyl (C=O) groups excluding carboxylic acids is 1. The van der Waals surface area contributed by atoms with Crippen molar-refractivity contribution >= 4 is 5.91 Å². The third kappa shape index (κ3) is 2.69. The molecule has 1 heterocycles. The Balaban J connectivity index is 1.57. The molecule has 2 aromatic rings. The molecule has 1 aromatic heterocycles. The summed E-state index contributed by atoms with van der Waals surface area (Å²) in [4.78, 5) is 17.1. The number of hydrogen-bond donors (Lipinski definition) is 2. The zero-order chi connectivity index (χ0) is 16.7. The van der Waals surface area contributed by atoms with E-state index < -0.39 is 11.6 Å². The first-order valence-electron chi connectivity index (χ1n) is 8.34. The lowest BCUT2D eigenvalue weighted by atomic mass is 9.92. The highest BCUT2D eigenvalue weighted by Crippen LogP contribution is 2.45. The molecule has 4 nitrogen and oxygen atoms in total. The molecule has 1 fully saturated rings. The average Bonchev–Trinajstić information content (AvgIpc) is 3.36. The second kappa shape index (κ2) is 5.67. The van der Waals surface area contributed by atoms with Crippen molar-refractivity contribution in [3.63, 3.8) is 0 Å². The molecule has 5 heteroatoms. The number of nitrogens with zero attached hydrogens (tertiary/aromatic N) is 1. The number of aliphatic hydroxyl groups excluding tert-OH is 1. The summed E-state index contributed by atoms with van der Waals surface area (Å²) in [5.41, 5.74) is 2.71. The predicted octanol–water partition coefficient (Wildman–Crippen LogP) is 3.01. The Morgan fingerprint density at radius 2 is 1.96 bits per heavy atom. The Kier molecular flexibility index (Phi) is 3.61. The van der Waals surface area contributed by atoms with Crippen LogP contribution < -0.4 is 5.32 Å². The van der Waals surface area contributed by atoms with Gasteiger partial charge in [0.05, 0.1) is 17.3 Å². The molecule has 1 amide bonds. The number of rotatable bonds is 3. The van der Waals surface area contributed by atoms with Crippen molar-refractivity contribution in [3.05, 3.63) is 64.7 Å². The van der Waals surface area contributed by atoms with Gasteiger partial charge in [0.15, 0.2) is 0 Å². The number of aromatic nitrogens is 1. The van der Waals surface area contributed by atoms with E-state index in [2.05, 4.69) is 5.32 Å². The van der Waals surface area contributed by atoms with Crippen LogP contribution in [0.5, 0.6) is 0 Å². The normalized spacial score (nSPS) is 21.0. The lowest BCUT2D eigenvalue weighted by molar-refractivity contribution is 0.0929. The summed E-state index contributed by atoms with van der Waals surface area (Å²) < 4.78 is 13.0. The van der Waals surface area contributed by atoms with Crippen molar-refractivity contribution < 1.29 is 14.3 Å². The molecule has 2 N–H and O–H groups in total. The number of carbonyl (C=O) groups is 1. The molecule has 1 atom stereocenters. The fourth-order valence-corrected chi connectivity index (χ4v) is 3.36. The summed E-state index contributed by atoms with van der Waals surface area (Å²) in [6, 6.07) is 9.38. The van der Waals surface area contributed by atoms with E-state index in [1.54, 1.807) is 0 Å². The highest BCUT2D eigenvalue weighted by atomic mass is 19.1. The Bertz CT molecular complexity index is 784. The van der Waals surface area contributed by atoms with Gasteiger partial charge < -0.3 is 10.4 Å². The first-order chi connectivity index (χ1) is 11.6. The molecular formula is C19H19FN2O2. The number of benzene rings is 1. The van der Waals surface area contributed by atoms with Crippen molar-refractivity contribution in [2.45, 2.75) is 43.7 Å². The number of pyridine rings is 1. The molecule has 2 aliphatic carbocycles. The van der Waals surface area contributed by atoms with Crippen LogP contribution >= 0.6 is 0 Å². The summed E-state index contributed by atoms with van der Waals surface area (Å²) >= 11 is 0. The maximum atomic E-state index is 13.0. The number of amides is 1. The van der Waals surface area contributed by atoms with Crippen LogP contribution in [0.25, 0.3) is 0 Å². The molecule has 1 saturated carbocycles. The molecule has 0 aliphatic heterocycles. The van der Waals surface area contributed by atoms with Crippen LogP contribution in [0.1, 0.15) is 59.1 Å². The van der Waals surface area contributed by atoms with E-state index in [9.17, 15) is 14.3 Å². The molecule has 24 heavy (non-hydrogen) atoms. The highest BCUT2D eigenvalue weighted by molar-refractivity contribution is 5.95. The number of halogens is 1. The van der Waals surface area contributed by atoms with Crippen LogP contribution in [-0.2, 0) is 12.0 Å². The van der Waals surface area contributed by atoms with E-state index in [1.165, 1.54) is 24.3 Å². The van der Waals surface area contributed by atoms with Gasteiger partial charge in [0, 0.05) is 16.8 Å². The van der Waals surface area contributed by atoms with E-state index in [4.69, 9.17) is 4.98 Å². The van der Waals surface area contributed by atoms with Crippen molar-refractivity contribution in [3.8, 4) is 0 Å². The maximum Gasteiger partial charge on any atom is 0.252 e. The zero-order valence-corrected chi connectivity index (χ0v) is 13.3. The lowest BCUT2D eigenvalue weighted by Crippen LogP contribution is -2.36. The van der Waals surface area contributed by atoms with E-state index in [0.29, 0.717) is 5.56 Å².